The minimum Gasteiger partial charge on any atom is -0.356 e. The summed E-state index contributed by atoms with van der Waals surface area (Å²) < 4.78 is 0. The summed E-state index contributed by atoms with van der Waals surface area (Å²) in [5.41, 5.74) is 0. The average Bonchev–Trinajstić information content (AvgIpc) is 2.69. The van der Waals surface area contributed by atoms with Gasteiger partial charge in [-0.15, -0.1) is 0 Å². The second kappa shape index (κ2) is 27.4. The quantitative estimate of drug-likeness (QED) is 0.258. The Kier molecular flexibility index (Phi) is 34.3. The van der Waals surface area contributed by atoms with Crippen molar-refractivity contribution in [3.05, 3.63) is 0 Å². The maximum absolute atomic E-state index is 11.3. The number of nitrogens with one attached hydrogen (secondary N) is 1. The topological polar surface area (TPSA) is 63.2 Å². The molecule has 4 heteroatoms. The Morgan fingerprint density at radius 1 is 0.486 bits per heavy atom. The van der Waals surface area contributed by atoms with E-state index in [9.17, 15) is 14.4 Å². The van der Waals surface area contributed by atoms with Gasteiger partial charge in [0.1, 0.15) is 11.6 Å². The summed E-state index contributed by atoms with van der Waals surface area (Å²) in [6.45, 7) is 25.8. The minimum atomic E-state index is 0. The predicted molar refractivity (Wildman–Crippen MR) is 158 cm³/mol. The maximum Gasteiger partial charge on any atom is 0.220 e. The fourth-order valence-electron chi connectivity index (χ4n) is 2.51. The van der Waals surface area contributed by atoms with Crippen molar-refractivity contribution < 1.29 is 14.4 Å². The Bertz CT molecular complexity index is 483. The number of rotatable bonds is 14. The van der Waals surface area contributed by atoms with Crippen molar-refractivity contribution in [3.8, 4) is 0 Å². The first-order valence-corrected chi connectivity index (χ1v) is 13.4. The lowest BCUT2D eigenvalue weighted by Crippen LogP contribution is -2.26. The monoisotopic (exact) mass is 502 g/mol. The average molecular weight is 502 g/mol. The fourth-order valence-corrected chi connectivity index (χ4v) is 2.51. The van der Waals surface area contributed by atoms with Crippen molar-refractivity contribution in [1.29, 1.82) is 0 Å². The summed E-state index contributed by atoms with van der Waals surface area (Å²) in [4.78, 5) is 33.6. The second-order valence-electron chi connectivity index (χ2n) is 11.6. The molecule has 0 bridgehead atoms. The summed E-state index contributed by atoms with van der Waals surface area (Å²) in [5.74, 6) is 3.93. The van der Waals surface area contributed by atoms with Crippen LogP contribution in [-0.2, 0) is 14.4 Å². The van der Waals surface area contributed by atoms with E-state index in [1.165, 1.54) is 12.8 Å². The lowest BCUT2D eigenvalue weighted by Gasteiger charge is -2.07. The SMILES string of the molecule is C.C.CC(C)CCC(=O)C(C)C.CC(C)CCC(=O)NCCC(=O)C(C)C.CC(C)CCC(C)C. The van der Waals surface area contributed by atoms with E-state index < -0.39 is 0 Å². The Hall–Kier alpha value is -1.19. The standard InChI is InChI=1S/C12H23NO2.C9H18O.C8H18.2CH4/c1-9(2)5-6-12(15)13-8-7-11(14)10(3)4;1-7(2)5-6-9(10)8(3)4;1-7(2)5-6-8(3)4;;/h9-10H,5-8H2,1-4H3,(H,13,15);7-8H,5-6H2,1-4H3;7-8H,5-6H2,1-4H3;2*1H4. The molecule has 0 aromatic rings. The molecule has 0 saturated carbocycles. The van der Waals surface area contributed by atoms with Crippen LogP contribution in [0.5, 0.6) is 0 Å². The highest BCUT2D eigenvalue weighted by molar-refractivity contribution is 5.81. The largest absolute Gasteiger partial charge is 0.356 e. The second-order valence-corrected chi connectivity index (χ2v) is 11.6. The van der Waals surface area contributed by atoms with Crippen molar-refractivity contribution >= 4 is 17.5 Å². The third-order valence-corrected chi connectivity index (χ3v) is 5.22. The third-order valence-electron chi connectivity index (χ3n) is 5.22. The van der Waals surface area contributed by atoms with E-state index >= 15 is 0 Å². The van der Waals surface area contributed by atoms with Gasteiger partial charge in [0.15, 0.2) is 0 Å². The molecule has 0 fully saturated rings. The van der Waals surface area contributed by atoms with Gasteiger partial charge in [0, 0.05) is 37.6 Å². The van der Waals surface area contributed by atoms with E-state index in [1.807, 2.05) is 27.7 Å². The van der Waals surface area contributed by atoms with Crippen LogP contribution in [-0.4, -0.2) is 24.0 Å². The number of Topliss-reactive ketones (excluding diaryl/α,β-unsaturated/α-hetero) is 2. The molecule has 0 rings (SSSR count). The van der Waals surface area contributed by atoms with E-state index in [0.29, 0.717) is 37.0 Å². The molecule has 0 spiro atoms. The molecule has 0 atom stereocenters. The molecule has 0 aromatic carbocycles. The van der Waals surface area contributed by atoms with Crippen LogP contribution >= 0.6 is 0 Å². The molecule has 0 aromatic heterocycles. The Morgan fingerprint density at radius 2 is 0.800 bits per heavy atom. The van der Waals surface area contributed by atoms with Crippen LogP contribution in [0.25, 0.3) is 0 Å². The molecule has 4 nitrogen and oxygen atoms in total. The highest BCUT2D eigenvalue weighted by Crippen LogP contribution is 2.10. The van der Waals surface area contributed by atoms with Gasteiger partial charge in [-0.05, 0) is 36.5 Å². The molecule has 0 aliphatic heterocycles. The molecule has 0 unspecified atom stereocenters. The molecule has 0 heterocycles. The van der Waals surface area contributed by atoms with Crippen LogP contribution in [0.1, 0.15) is 143 Å². The summed E-state index contributed by atoms with van der Waals surface area (Å²) in [7, 11) is 0. The van der Waals surface area contributed by atoms with Crippen LogP contribution in [0.3, 0.4) is 0 Å². The summed E-state index contributed by atoms with van der Waals surface area (Å²) in [6, 6.07) is 0. The molecular weight excluding hydrogens is 434 g/mol. The van der Waals surface area contributed by atoms with Gasteiger partial charge in [0.05, 0.1) is 0 Å². The van der Waals surface area contributed by atoms with Gasteiger partial charge in [-0.1, -0.05) is 111 Å². The molecule has 0 aliphatic rings. The van der Waals surface area contributed by atoms with Gasteiger partial charge in [0.25, 0.3) is 0 Å². The molecule has 35 heavy (non-hydrogen) atoms. The highest BCUT2D eigenvalue weighted by atomic mass is 16.2. The lowest BCUT2D eigenvalue weighted by molar-refractivity contribution is -0.123. The summed E-state index contributed by atoms with van der Waals surface area (Å²) in [5, 5.41) is 2.76. The number of carbonyl (C=O) groups is 3. The van der Waals surface area contributed by atoms with Crippen molar-refractivity contribution in [2.24, 2.45) is 35.5 Å². The molecular formula is C31H67NO3. The number of hydrogen-bond donors (Lipinski definition) is 1. The number of hydrogen-bond acceptors (Lipinski definition) is 3. The third kappa shape index (κ3) is 40.3. The van der Waals surface area contributed by atoms with Crippen LogP contribution < -0.4 is 5.32 Å². The predicted octanol–water partition coefficient (Wildman–Crippen LogP) is 9.15. The molecule has 1 N–H and O–H groups in total. The van der Waals surface area contributed by atoms with Gasteiger partial charge in [-0.25, -0.2) is 0 Å². The van der Waals surface area contributed by atoms with Crippen LogP contribution in [0.15, 0.2) is 0 Å². The van der Waals surface area contributed by atoms with Gasteiger partial charge >= 0.3 is 0 Å². The van der Waals surface area contributed by atoms with E-state index in [4.69, 9.17) is 0 Å². The minimum absolute atomic E-state index is 0. The summed E-state index contributed by atoms with van der Waals surface area (Å²) in [6.07, 6.45) is 6.49. The van der Waals surface area contributed by atoms with Crippen molar-refractivity contribution in [1.82, 2.24) is 5.32 Å². The smallest absolute Gasteiger partial charge is 0.220 e. The first kappa shape index (κ1) is 43.9. The normalized spacial score (nSPS) is 10.3. The van der Waals surface area contributed by atoms with Gasteiger partial charge < -0.3 is 5.32 Å². The van der Waals surface area contributed by atoms with E-state index in [0.717, 1.165) is 31.1 Å². The van der Waals surface area contributed by atoms with Gasteiger partial charge in [-0.2, -0.15) is 0 Å². The molecule has 214 valence electrons. The molecule has 0 radical (unpaired) electrons. The van der Waals surface area contributed by atoms with Gasteiger partial charge in [-0.3, -0.25) is 14.4 Å². The fraction of sp³-hybridized carbons (Fsp3) is 0.903. The zero-order chi connectivity index (χ0) is 26.6. The van der Waals surface area contributed by atoms with E-state index in [1.54, 1.807) is 0 Å². The summed E-state index contributed by atoms with van der Waals surface area (Å²) >= 11 is 0. The zero-order valence-corrected chi connectivity index (χ0v) is 24.3. The van der Waals surface area contributed by atoms with Crippen molar-refractivity contribution in [2.45, 2.75) is 143 Å². The van der Waals surface area contributed by atoms with Crippen LogP contribution in [0.4, 0.5) is 0 Å². The van der Waals surface area contributed by atoms with E-state index in [2.05, 4.69) is 60.7 Å². The highest BCUT2D eigenvalue weighted by Gasteiger charge is 2.08. The van der Waals surface area contributed by atoms with E-state index in [-0.39, 0.29) is 38.4 Å². The molecule has 0 aliphatic carbocycles. The van der Waals surface area contributed by atoms with Crippen molar-refractivity contribution in [2.75, 3.05) is 6.54 Å². The Labute approximate surface area is 222 Å². The Balaban J connectivity index is -0.000000132. The lowest BCUT2D eigenvalue weighted by atomic mass is 10.00. The van der Waals surface area contributed by atoms with Crippen molar-refractivity contribution in [3.63, 3.8) is 0 Å². The first-order chi connectivity index (χ1) is 15.1. The molecule has 1 amide bonds. The van der Waals surface area contributed by atoms with Crippen LogP contribution in [0.2, 0.25) is 0 Å². The maximum atomic E-state index is 11.3. The molecule has 0 saturated heterocycles. The Morgan fingerprint density at radius 3 is 1.11 bits per heavy atom. The number of ketones is 2. The van der Waals surface area contributed by atoms with Gasteiger partial charge in [0.2, 0.25) is 5.91 Å². The number of amides is 1. The zero-order valence-electron chi connectivity index (χ0n) is 24.3. The number of carbonyl (C=O) groups excluding carboxylic acids is 3. The first-order valence-electron chi connectivity index (χ1n) is 13.4. The van der Waals surface area contributed by atoms with Crippen LogP contribution in [0, 0.1) is 35.5 Å².